The standard InChI is InChI=1S/C20H21NO2/c1-13(16-10-4-7-14-6-2-3-9-17(14)16)21-19(23)12-15-8-5-11-18(22)20(15)21/h2-4,6-7,9-10,13,15,20H,5,8,11-12H2,1H3/t13-,15+,20-/m0/s1. The molecule has 0 radical (unpaired) electrons. The van der Waals surface area contributed by atoms with Gasteiger partial charge in [-0.05, 0) is 42.0 Å². The number of Topliss-reactive ketones (excluding diaryl/α,β-unsaturated/α-hetero) is 1. The van der Waals surface area contributed by atoms with Crippen molar-refractivity contribution >= 4 is 22.5 Å². The number of likely N-dealkylation sites (tertiary alicyclic amines) is 1. The summed E-state index contributed by atoms with van der Waals surface area (Å²) >= 11 is 0. The fourth-order valence-corrected chi connectivity index (χ4v) is 4.41. The van der Waals surface area contributed by atoms with Gasteiger partial charge in [0.05, 0.1) is 12.1 Å². The van der Waals surface area contributed by atoms with Crippen LogP contribution in [0.1, 0.15) is 44.2 Å². The van der Waals surface area contributed by atoms with Crippen LogP contribution in [0.15, 0.2) is 42.5 Å². The van der Waals surface area contributed by atoms with E-state index in [4.69, 9.17) is 0 Å². The summed E-state index contributed by atoms with van der Waals surface area (Å²) in [6.45, 7) is 2.06. The van der Waals surface area contributed by atoms with Crippen molar-refractivity contribution in [2.45, 2.75) is 44.7 Å². The van der Waals surface area contributed by atoms with E-state index in [1.54, 1.807) is 0 Å². The lowest BCUT2D eigenvalue weighted by Gasteiger charge is -2.35. The molecule has 2 aliphatic rings. The highest BCUT2D eigenvalue weighted by molar-refractivity contribution is 5.94. The minimum absolute atomic E-state index is 0.0642. The highest BCUT2D eigenvalue weighted by Crippen LogP contribution is 2.41. The summed E-state index contributed by atoms with van der Waals surface area (Å²) in [6.07, 6.45) is 3.09. The summed E-state index contributed by atoms with van der Waals surface area (Å²) in [5.41, 5.74) is 1.13. The van der Waals surface area contributed by atoms with E-state index in [2.05, 4.69) is 31.2 Å². The van der Waals surface area contributed by atoms with Crippen LogP contribution >= 0.6 is 0 Å². The van der Waals surface area contributed by atoms with Crippen molar-refractivity contribution in [3.8, 4) is 0 Å². The maximum absolute atomic E-state index is 12.6. The highest BCUT2D eigenvalue weighted by atomic mass is 16.2. The third-order valence-corrected chi connectivity index (χ3v) is 5.49. The topological polar surface area (TPSA) is 37.4 Å². The second-order valence-corrected chi connectivity index (χ2v) is 6.81. The van der Waals surface area contributed by atoms with E-state index in [1.807, 2.05) is 23.1 Å². The molecule has 0 N–H and O–H groups in total. The maximum Gasteiger partial charge on any atom is 0.224 e. The van der Waals surface area contributed by atoms with Gasteiger partial charge in [0.1, 0.15) is 0 Å². The predicted octanol–water partition coefficient (Wildman–Crippen LogP) is 3.87. The summed E-state index contributed by atoms with van der Waals surface area (Å²) in [5.74, 6) is 0.607. The van der Waals surface area contributed by atoms with E-state index >= 15 is 0 Å². The van der Waals surface area contributed by atoms with Crippen LogP contribution in [0.2, 0.25) is 0 Å². The molecule has 0 bridgehead atoms. The van der Waals surface area contributed by atoms with E-state index in [9.17, 15) is 9.59 Å². The molecule has 4 rings (SSSR count). The van der Waals surface area contributed by atoms with Crippen molar-refractivity contribution in [2.24, 2.45) is 5.92 Å². The van der Waals surface area contributed by atoms with Crippen molar-refractivity contribution in [3.63, 3.8) is 0 Å². The summed E-state index contributed by atoms with van der Waals surface area (Å²) in [5, 5.41) is 2.34. The molecule has 3 nitrogen and oxygen atoms in total. The molecule has 3 heteroatoms. The van der Waals surface area contributed by atoms with Gasteiger partial charge in [-0.15, -0.1) is 0 Å². The molecule has 1 saturated carbocycles. The molecule has 0 aromatic heterocycles. The zero-order valence-electron chi connectivity index (χ0n) is 13.4. The van der Waals surface area contributed by atoms with E-state index in [0.717, 1.165) is 18.4 Å². The quantitative estimate of drug-likeness (QED) is 0.844. The molecule has 3 atom stereocenters. The van der Waals surface area contributed by atoms with Gasteiger partial charge in [0.2, 0.25) is 5.91 Å². The SMILES string of the molecule is C[C@@H](c1cccc2ccccc12)N1C(=O)C[C@H]2CCCC(=O)[C@H]21. The van der Waals surface area contributed by atoms with Crippen molar-refractivity contribution in [3.05, 3.63) is 48.0 Å². The molecular formula is C20H21NO2. The third kappa shape index (κ3) is 2.26. The Hall–Kier alpha value is -2.16. The molecule has 1 aliphatic carbocycles. The van der Waals surface area contributed by atoms with Gasteiger partial charge in [-0.1, -0.05) is 42.5 Å². The van der Waals surface area contributed by atoms with E-state index in [0.29, 0.717) is 12.8 Å². The molecule has 2 aromatic rings. The molecule has 0 unspecified atom stereocenters. The van der Waals surface area contributed by atoms with Gasteiger partial charge < -0.3 is 4.90 Å². The zero-order valence-corrected chi connectivity index (χ0v) is 13.4. The minimum Gasteiger partial charge on any atom is -0.326 e. The van der Waals surface area contributed by atoms with Crippen molar-refractivity contribution in [2.75, 3.05) is 0 Å². The molecule has 0 spiro atoms. The van der Waals surface area contributed by atoms with Gasteiger partial charge in [-0.2, -0.15) is 0 Å². The fraction of sp³-hybridized carbons (Fsp3) is 0.400. The predicted molar refractivity (Wildman–Crippen MR) is 90.0 cm³/mol. The Morgan fingerprint density at radius 2 is 1.87 bits per heavy atom. The van der Waals surface area contributed by atoms with E-state index < -0.39 is 0 Å². The Balaban J connectivity index is 1.76. The summed E-state index contributed by atoms with van der Waals surface area (Å²) in [7, 11) is 0. The fourth-order valence-electron chi connectivity index (χ4n) is 4.41. The number of fused-ring (bicyclic) bond motifs is 2. The second kappa shape index (κ2) is 5.48. The monoisotopic (exact) mass is 307 g/mol. The lowest BCUT2D eigenvalue weighted by Crippen LogP contribution is -2.44. The zero-order chi connectivity index (χ0) is 16.0. The first-order chi connectivity index (χ1) is 11.2. The van der Waals surface area contributed by atoms with Gasteiger partial charge in [-0.25, -0.2) is 0 Å². The number of hydrogen-bond acceptors (Lipinski definition) is 2. The molecule has 1 amide bonds. The Kier molecular flexibility index (Phi) is 3.44. The minimum atomic E-state index is -0.204. The van der Waals surface area contributed by atoms with Crippen molar-refractivity contribution in [1.29, 1.82) is 0 Å². The normalized spacial score (nSPS) is 25.7. The summed E-state index contributed by atoms with van der Waals surface area (Å²) < 4.78 is 0. The first-order valence-corrected chi connectivity index (χ1v) is 8.48. The molecule has 1 saturated heterocycles. The summed E-state index contributed by atoms with van der Waals surface area (Å²) in [4.78, 5) is 26.9. The maximum atomic E-state index is 12.6. The van der Waals surface area contributed by atoms with Gasteiger partial charge in [0.15, 0.2) is 5.78 Å². The second-order valence-electron chi connectivity index (χ2n) is 6.81. The number of amides is 1. The first-order valence-electron chi connectivity index (χ1n) is 8.48. The number of carbonyl (C=O) groups is 2. The number of carbonyl (C=O) groups excluding carboxylic acids is 2. The lowest BCUT2D eigenvalue weighted by atomic mass is 9.83. The summed E-state index contributed by atoms with van der Waals surface area (Å²) in [6, 6.07) is 14.2. The molecule has 2 aromatic carbocycles. The van der Waals surface area contributed by atoms with Crippen molar-refractivity contribution < 1.29 is 9.59 Å². The smallest absolute Gasteiger partial charge is 0.224 e. The number of benzene rings is 2. The highest BCUT2D eigenvalue weighted by Gasteiger charge is 2.47. The van der Waals surface area contributed by atoms with Crippen LogP contribution in [0.3, 0.4) is 0 Å². The van der Waals surface area contributed by atoms with Crippen molar-refractivity contribution in [1.82, 2.24) is 4.90 Å². The molecular weight excluding hydrogens is 286 g/mol. The number of nitrogens with zero attached hydrogens (tertiary/aromatic N) is 1. The Labute approximate surface area is 136 Å². The van der Waals surface area contributed by atoms with Gasteiger partial charge in [0.25, 0.3) is 0 Å². The lowest BCUT2D eigenvalue weighted by molar-refractivity contribution is -0.137. The molecule has 23 heavy (non-hydrogen) atoms. The molecule has 1 heterocycles. The molecule has 118 valence electrons. The Bertz CT molecular complexity index is 777. The number of rotatable bonds is 2. The van der Waals surface area contributed by atoms with Crippen LogP contribution in [0, 0.1) is 5.92 Å². The third-order valence-electron chi connectivity index (χ3n) is 5.49. The largest absolute Gasteiger partial charge is 0.326 e. The Morgan fingerprint density at radius 1 is 1.09 bits per heavy atom. The average Bonchev–Trinajstić information content (AvgIpc) is 2.91. The van der Waals surface area contributed by atoms with Crippen LogP contribution in [-0.4, -0.2) is 22.6 Å². The van der Waals surface area contributed by atoms with Gasteiger partial charge in [-0.3, -0.25) is 9.59 Å². The van der Waals surface area contributed by atoms with Crippen LogP contribution < -0.4 is 0 Å². The molecule has 2 fully saturated rings. The van der Waals surface area contributed by atoms with E-state index in [-0.39, 0.29) is 29.7 Å². The molecule has 1 aliphatic heterocycles. The Morgan fingerprint density at radius 3 is 2.74 bits per heavy atom. The van der Waals surface area contributed by atoms with Gasteiger partial charge >= 0.3 is 0 Å². The first kappa shape index (κ1) is 14.4. The van der Waals surface area contributed by atoms with Crippen LogP contribution in [0.5, 0.6) is 0 Å². The van der Waals surface area contributed by atoms with Crippen LogP contribution in [0.4, 0.5) is 0 Å². The number of hydrogen-bond donors (Lipinski definition) is 0. The number of ketones is 1. The van der Waals surface area contributed by atoms with Gasteiger partial charge in [0, 0.05) is 12.8 Å². The van der Waals surface area contributed by atoms with Crippen LogP contribution in [-0.2, 0) is 9.59 Å². The van der Waals surface area contributed by atoms with E-state index in [1.165, 1.54) is 10.8 Å². The van der Waals surface area contributed by atoms with Crippen LogP contribution in [0.25, 0.3) is 10.8 Å². The average molecular weight is 307 g/mol.